The van der Waals surface area contributed by atoms with Gasteiger partial charge in [0.15, 0.2) is 0 Å². The lowest BCUT2D eigenvalue weighted by molar-refractivity contribution is -0.536. The van der Waals surface area contributed by atoms with E-state index in [4.69, 9.17) is 15.0 Å². The fourth-order valence-electron chi connectivity index (χ4n) is 1.53. The number of nitrogens with zero attached hydrogens (tertiary/aromatic N) is 1. The molecule has 0 aromatic carbocycles. The number of carbonyl (C=O) groups is 1. The van der Waals surface area contributed by atoms with E-state index in [0.29, 0.717) is 12.3 Å². The molecule has 2 atom stereocenters. The molecule has 0 aromatic heterocycles. The van der Waals surface area contributed by atoms with E-state index in [2.05, 4.69) is 0 Å². The van der Waals surface area contributed by atoms with Crippen LogP contribution in [0.2, 0.25) is 0 Å². The highest BCUT2D eigenvalue weighted by Crippen LogP contribution is 2.31. The van der Waals surface area contributed by atoms with Gasteiger partial charge in [-0.05, 0) is 12.8 Å². The Bertz CT molecular complexity index is 203. The minimum Gasteiger partial charge on any atom is -0.483 e. The van der Waals surface area contributed by atoms with Crippen molar-refractivity contribution in [3.63, 3.8) is 0 Å². The van der Waals surface area contributed by atoms with Crippen molar-refractivity contribution in [1.82, 2.24) is 0 Å². The molecule has 0 aromatic rings. The summed E-state index contributed by atoms with van der Waals surface area (Å²) in [5.74, 6) is 0.481. The van der Waals surface area contributed by atoms with Crippen molar-refractivity contribution in [3.05, 3.63) is 10.1 Å². The first-order chi connectivity index (χ1) is 7.02. The van der Waals surface area contributed by atoms with Crippen LogP contribution in [0.5, 0.6) is 0 Å². The molecule has 0 amide bonds. The van der Waals surface area contributed by atoms with Gasteiger partial charge >= 0.3 is 0 Å². The first-order valence-electron chi connectivity index (χ1n) is 4.92. The van der Waals surface area contributed by atoms with E-state index in [-0.39, 0.29) is 11.4 Å². The van der Waals surface area contributed by atoms with Crippen molar-refractivity contribution in [2.45, 2.75) is 44.8 Å². The molecule has 1 aliphatic carbocycles. The molecule has 0 radical (unpaired) electrons. The highest BCUT2D eigenvalue weighted by molar-refractivity contribution is 5.32. The smallest absolute Gasteiger partial charge is 0.290 e. The van der Waals surface area contributed by atoms with E-state index in [1.165, 1.54) is 13.3 Å². The van der Waals surface area contributed by atoms with Crippen molar-refractivity contribution in [3.8, 4) is 0 Å². The average Bonchev–Trinajstić information content (AvgIpc) is 2.01. The van der Waals surface area contributed by atoms with Crippen LogP contribution >= 0.6 is 0 Å². The van der Waals surface area contributed by atoms with Crippen LogP contribution in [0.4, 0.5) is 0 Å². The third-order valence-electron chi connectivity index (χ3n) is 2.63. The predicted octanol–water partition coefficient (Wildman–Crippen LogP) is 0.903. The average molecular weight is 219 g/mol. The van der Waals surface area contributed by atoms with Gasteiger partial charge in [0.1, 0.15) is 6.10 Å². The minimum atomic E-state index is -0.819. The Morgan fingerprint density at radius 1 is 1.60 bits per heavy atom. The molecule has 0 heterocycles. The molecule has 0 spiro atoms. The summed E-state index contributed by atoms with van der Waals surface area (Å²) in [7, 11) is 0. The summed E-state index contributed by atoms with van der Waals surface area (Å²) >= 11 is 0. The van der Waals surface area contributed by atoms with Crippen molar-refractivity contribution in [2.24, 2.45) is 5.92 Å². The molecule has 1 fully saturated rings. The van der Waals surface area contributed by atoms with E-state index in [1.54, 1.807) is 0 Å². The second-order valence-corrected chi connectivity index (χ2v) is 3.73. The predicted molar refractivity (Wildman–Crippen MR) is 53.1 cm³/mol. The number of hydrogen-bond acceptors (Lipinski definition) is 4. The molecule has 15 heavy (non-hydrogen) atoms. The summed E-state index contributed by atoms with van der Waals surface area (Å²) < 4.78 is 0. The van der Waals surface area contributed by atoms with E-state index in [1.807, 2.05) is 0 Å². The van der Waals surface area contributed by atoms with E-state index in [0.717, 1.165) is 12.8 Å². The lowest BCUT2D eigenvalue weighted by atomic mass is 9.80. The third-order valence-corrected chi connectivity index (χ3v) is 2.63. The minimum absolute atomic E-state index is 0.250. The molecule has 1 saturated carbocycles. The van der Waals surface area contributed by atoms with Crippen LogP contribution in [0.25, 0.3) is 0 Å². The maximum Gasteiger partial charge on any atom is 0.290 e. The molecule has 0 saturated heterocycles. The third kappa shape index (κ3) is 5.31. The molecular formula is C9H17NO5. The fraction of sp³-hybridized carbons (Fsp3) is 0.889. The summed E-state index contributed by atoms with van der Waals surface area (Å²) in [6, 6.07) is -0.754. The zero-order valence-electron chi connectivity index (χ0n) is 8.70. The Labute approximate surface area is 88.1 Å². The van der Waals surface area contributed by atoms with Gasteiger partial charge in [0, 0.05) is 11.3 Å². The summed E-state index contributed by atoms with van der Waals surface area (Å²) in [5.41, 5.74) is 0. The Hall–Kier alpha value is -1.17. The molecule has 0 bridgehead atoms. The standard InChI is InChI=1S/C8H15NO3.CH2O2/c1-6(10)8(9(11)12)5-7-3-2-4-7;2-1-3/h6-8,10H,2-5H2,1H3;1H,(H,2,3). The molecule has 0 aliphatic heterocycles. The zero-order valence-corrected chi connectivity index (χ0v) is 8.70. The van der Waals surface area contributed by atoms with Gasteiger partial charge < -0.3 is 10.2 Å². The number of carboxylic acid groups (broad SMARTS) is 1. The molecule has 1 aliphatic rings. The van der Waals surface area contributed by atoms with Crippen LogP contribution in [0, 0.1) is 16.0 Å². The van der Waals surface area contributed by atoms with Gasteiger partial charge in [-0.25, -0.2) is 0 Å². The maximum absolute atomic E-state index is 10.5. The van der Waals surface area contributed by atoms with Crippen molar-refractivity contribution >= 4 is 6.47 Å². The molecular weight excluding hydrogens is 202 g/mol. The monoisotopic (exact) mass is 219 g/mol. The van der Waals surface area contributed by atoms with Crippen LogP contribution in [0.3, 0.4) is 0 Å². The maximum atomic E-state index is 10.5. The number of nitro groups is 1. The molecule has 2 unspecified atom stereocenters. The van der Waals surface area contributed by atoms with Gasteiger partial charge in [-0.2, -0.15) is 0 Å². The van der Waals surface area contributed by atoms with Crippen LogP contribution in [-0.2, 0) is 4.79 Å². The van der Waals surface area contributed by atoms with Crippen molar-refractivity contribution in [1.29, 1.82) is 0 Å². The van der Waals surface area contributed by atoms with Crippen LogP contribution < -0.4 is 0 Å². The Morgan fingerprint density at radius 2 is 2.07 bits per heavy atom. The molecule has 6 heteroatoms. The zero-order chi connectivity index (χ0) is 11.8. The van der Waals surface area contributed by atoms with Gasteiger partial charge in [0.2, 0.25) is 6.04 Å². The summed E-state index contributed by atoms with van der Waals surface area (Å²) in [6.45, 7) is 1.24. The first kappa shape index (κ1) is 13.8. The van der Waals surface area contributed by atoms with Gasteiger partial charge in [0.25, 0.3) is 6.47 Å². The number of aliphatic hydroxyl groups is 1. The Kier molecular flexibility index (Phi) is 6.61. The highest BCUT2D eigenvalue weighted by Gasteiger charge is 2.32. The number of aliphatic hydroxyl groups excluding tert-OH is 1. The van der Waals surface area contributed by atoms with Crippen LogP contribution in [0.15, 0.2) is 0 Å². The second kappa shape index (κ2) is 7.17. The van der Waals surface area contributed by atoms with Gasteiger partial charge in [-0.1, -0.05) is 19.3 Å². The SMILES string of the molecule is CC(O)C(CC1CCC1)[N+](=O)[O-].O=CO. The summed E-state index contributed by atoms with van der Waals surface area (Å²) in [6.07, 6.45) is 3.11. The number of rotatable bonds is 4. The summed E-state index contributed by atoms with van der Waals surface area (Å²) in [4.78, 5) is 18.5. The number of hydrogen-bond donors (Lipinski definition) is 2. The van der Waals surface area contributed by atoms with Gasteiger partial charge in [-0.3, -0.25) is 14.9 Å². The first-order valence-corrected chi connectivity index (χ1v) is 4.92. The van der Waals surface area contributed by atoms with Crippen molar-refractivity contribution < 1.29 is 19.9 Å². The largest absolute Gasteiger partial charge is 0.483 e. The van der Waals surface area contributed by atoms with Crippen LogP contribution in [0.1, 0.15) is 32.6 Å². The van der Waals surface area contributed by atoms with Crippen LogP contribution in [-0.4, -0.2) is 33.8 Å². The molecule has 88 valence electrons. The lowest BCUT2D eigenvalue weighted by Gasteiger charge is -2.27. The molecule has 2 N–H and O–H groups in total. The quantitative estimate of drug-likeness (QED) is 0.415. The normalized spacial score (nSPS) is 19.1. The van der Waals surface area contributed by atoms with Gasteiger partial charge in [0.05, 0.1) is 0 Å². The van der Waals surface area contributed by atoms with Crippen molar-refractivity contribution in [2.75, 3.05) is 0 Å². The lowest BCUT2D eigenvalue weighted by Crippen LogP contribution is -2.34. The van der Waals surface area contributed by atoms with E-state index < -0.39 is 12.1 Å². The highest BCUT2D eigenvalue weighted by atomic mass is 16.6. The summed E-state index contributed by atoms with van der Waals surface area (Å²) in [5, 5.41) is 26.5. The second-order valence-electron chi connectivity index (χ2n) is 3.73. The Balaban J connectivity index is 0.000000583. The Morgan fingerprint density at radius 3 is 2.27 bits per heavy atom. The topological polar surface area (TPSA) is 101 Å². The molecule has 6 nitrogen and oxygen atoms in total. The van der Waals surface area contributed by atoms with E-state index >= 15 is 0 Å². The molecule has 1 rings (SSSR count). The fourth-order valence-corrected chi connectivity index (χ4v) is 1.53. The van der Waals surface area contributed by atoms with Gasteiger partial charge in [-0.15, -0.1) is 0 Å². The van der Waals surface area contributed by atoms with E-state index in [9.17, 15) is 10.1 Å².